The van der Waals surface area contributed by atoms with Gasteiger partial charge in [0.15, 0.2) is 5.78 Å². The highest BCUT2D eigenvalue weighted by molar-refractivity contribution is 14.1. The number of carbonyl (C=O) groups excluding carboxylic acids is 1. The van der Waals surface area contributed by atoms with Crippen LogP contribution >= 0.6 is 22.6 Å². The van der Waals surface area contributed by atoms with Gasteiger partial charge in [-0.15, -0.1) is 0 Å². The second-order valence-corrected chi connectivity index (χ2v) is 7.16. The number of fused-ring (bicyclic) bond motifs is 1. The van der Waals surface area contributed by atoms with E-state index < -0.39 is 5.60 Å². The van der Waals surface area contributed by atoms with Crippen LogP contribution in [-0.2, 0) is 14.3 Å². The quantitative estimate of drug-likeness (QED) is 0.576. The van der Waals surface area contributed by atoms with Crippen molar-refractivity contribution in [3.05, 3.63) is 9.66 Å². The van der Waals surface area contributed by atoms with Gasteiger partial charge in [0, 0.05) is 25.7 Å². The lowest BCUT2D eigenvalue weighted by molar-refractivity contribution is -0.165. The minimum Gasteiger partial charge on any atom is -0.396 e. The van der Waals surface area contributed by atoms with Crippen LogP contribution in [0.3, 0.4) is 0 Å². The summed E-state index contributed by atoms with van der Waals surface area (Å²) in [6.45, 7) is 1.54. The maximum absolute atomic E-state index is 12.8. The topological polar surface area (TPSA) is 55.8 Å². The average molecular weight is 392 g/mol. The van der Waals surface area contributed by atoms with Gasteiger partial charge in [0.1, 0.15) is 5.60 Å². The zero-order valence-corrected chi connectivity index (χ0v) is 13.7. The van der Waals surface area contributed by atoms with Crippen molar-refractivity contribution >= 4 is 28.4 Å². The van der Waals surface area contributed by atoms with Crippen LogP contribution in [-0.4, -0.2) is 42.4 Å². The van der Waals surface area contributed by atoms with Crippen LogP contribution in [0.5, 0.6) is 0 Å². The monoisotopic (exact) mass is 392 g/mol. The summed E-state index contributed by atoms with van der Waals surface area (Å²) in [5.74, 6) is 0.281. The lowest BCUT2D eigenvalue weighted by Crippen LogP contribution is -2.59. The van der Waals surface area contributed by atoms with Gasteiger partial charge < -0.3 is 14.6 Å². The van der Waals surface area contributed by atoms with Crippen molar-refractivity contribution in [3.63, 3.8) is 0 Å². The summed E-state index contributed by atoms with van der Waals surface area (Å²) in [4.78, 5) is 12.8. The summed E-state index contributed by atoms with van der Waals surface area (Å²) in [7, 11) is 0. The number of hydrogen-bond donors (Lipinski definition) is 1. The first-order valence-electron chi connectivity index (χ1n) is 7.47. The number of ketones is 1. The fourth-order valence-corrected chi connectivity index (χ4v) is 4.89. The van der Waals surface area contributed by atoms with Crippen LogP contribution in [0.2, 0.25) is 0 Å². The van der Waals surface area contributed by atoms with E-state index >= 15 is 0 Å². The van der Waals surface area contributed by atoms with E-state index in [0.29, 0.717) is 13.2 Å². The van der Waals surface area contributed by atoms with Gasteiger partial charge in [0.05, 0.1) is 12.0 Å². The predicted molar refractivity (Wildman–Crippen MR) is 82.7 cm³/mol. The first-order chi connectivity index (χ1) is 9.69. The van der Waals surface area contributed by atoms with E-state index in [9.17, 15) is 4.79 Å². The Morgan fingerprint density at radius 3 is 3.05 bits per heavy atom. The summed E-state index contributed by atoms with van der Waals surface area (Å²) in [6, 6.07) is 0. The van der Waals surface area contributed by atoms with E-state index in [-0.39, 0.29) is 30.3 Å². The molecular weight excluding hydrogens is 371 g/mol. The Kier molecular flexibility index (Phi) is 4.50. The zero-order chi connectivity index (χ0) is 14.2. The van der Waals surface area contributed by atoms with Crippen LogP contribution in [0.1, 0.15) is 32.1 Å². The molecule has 0 aromatic carbocycles. The van der Waals surface area contributed by atoms with Gasteiger partial charge in [-0.2, -0.15) is 0 Å². The molecule has 4 aliphatic rings. The molecular formula is C15H21IO4. The van der Waals surface area contributed by atoms with E-state index in [4.69, 9.17) is 14.6 Å². The number of hydrogen-bond acceptors (Lipinski definition) is 4. The number of unbranched alkanes of at least 4 members (excludes halogenated alkanes) is 1. The molecule has 1 heterocycles. The third-order valence-corrected chi connectivity index (χ3v) is 5.87. The number of aliphatic hydroxyl groups excluding tert-OH is 1. The Hall–Kier alpha value is 0.0200. The Bertz CT molecular complexity index is 414. The van der Waals surface area contributed by atoms with Crippen LogP contribution in [0.15, 0.2) is 9.66 Å². The van der Waals surface area contributed by atoms with Gasteiger partial charge in [0.25, 0.3) is 0 Å². The third-order valence-electron chi connectivity index (χ3n) is 4.76. The molecule has 0 radical (unpaired) electrons. The fourth-order valence-electron chi connectivity index (χ4n) is 3.75. The molecule has 0 aromatic heterocycles. The summed E-state index contributed by atoms with van der Waals surface area (Å²) in [5.41, 5.74) is -0.541. The number of ether oxygens (including phenoxy) is 2. The largest absolute Gasteiger partial charge is 0.396 e. The van der Waals surface area contributed by atoms with Gasteiger partial charge >= 0.3 is 0 Å². The van der Waals surface area contributed by atoms with Crippen molar-refractivity contribution in [1.82, 2.24) is 0 Å². The molecule has 1 N–H and O–H groups in total. The molecule has 1 saturated carbocycles. The minimum atomic E-state index is -0.541. The Balaban J connectivity index is 1.70. The number of aliphatic hydroxyl groups is 1. The van der Waals surface area contributed by atoms with Crippen LogP contribution in [0.4, 0.5) is 0 Å². The molecule has 2 bridgehead atoms. The van der Waals surface area contributed by atoms with E-state index in [1.807, 2.05) is 0 Å². The van der Waals surface area contributed by atoms with Crippen LogP contribution in [0, 0.1) is 11.8 Å². The first-order valence-corrected chi connectivity index (χ1v) is 8.55. The molecule has 112 valence electrons. The highest BCUT2D eigenvalue weighted by Gasteiger charge is 2.60. The Labute approximate surface area is 133 Å². The number of halogens is 1. The SMILES string of the molecule is O=C1C2C=C(I)C(CC2OCCCCO)[C@]12CCCO2. The average Bonchev–Trinajstić information content (AvgIpc) is 2.92. The molecule has 2 fully saturated rings. The van der Waals surface area contributed by atoms with Crippen LogP contribution in [0.25, 0.3) is 0 Å². The molecule has 4 atom stereocenters. The van der Waals surface area contributed by atoms with E-state index in [1.54, 1.807) is 0 Å². The van der Waals surface area contributed by atoms with Crippen molar-refractivity contribution in [2.75, 3.05) is 19.8 Å². The number of rotatable bonds is 5. The van der Waals surface area contributed by atoms with Gasteiger partial charge in [-0.3, -0.25) is 4.79 Å². The molecule has 4 nitrogen and oxygen atoms in total. The molecule has 20 heavy (non-hydrogen) atoms. The maximum Gasteiger partial charge on any atom is 0.174 e. The van der Waals surface area contributed by atoms with Crippen molar-refractivity contribution in [2.45, 2.75) is 43.8 Å². The molecule has 1 spiro atoms. The van der Waals surface area contributed by atoms with Gasteiger partial charge in [-0.25, -0.2) is 0 Å². The van der Waals surface area contributed by atoms with Crippen molar-refractivity contribution in [2.24, 2.45) is 11.8 Å². The molecule has 4 rings (SSSR count). The van der Waals surface area contributed by atoms with Gasteiger partial charge in [0.2, 0.25) is 0 Å². The molecule has 5 heteroatoms. The standard InChI is InChI=1S/C15H21IO4/c16-12-8-10-13(19-6-2-1-5-17)9-11(12)15(14(10)18)4-3-7-20-15/h8,10-11,13,17H,1-7,9H2/t10?,11?,13?,15-/m1/s1. The lowest BCUT2D eigenvalue weighted by atomic mass is 9.63. The summed E-state index contributed by atoms with van der Waals surface area (Å²) in [6.07, 6.45) is 6.44. The molecule has 3 unspecified atom stereocenters. The van der Waals surface area contributed by atoms with Gasteiger partial charge in [-0.05, 0) is 58.3 Å². The maximum atomic E-state index is 12.8. The summed E-state index contributed by atoms with van der Waals surface area (Å²) in [5, 5.41) is 8.79. The van der Waals surface area contributed by atoms with E-state index in [2.05, 4.69) is 28.7 Å². The fraction of sp³-hybridized carbons (Fsp3) is 0.800. The normalized spacial score (nSPS) is 39.6. The smallest absolute Gasteiger partial charge is 0.174 e. The Morgan fingerprint density at radius 2 is 2.35 bits per heavy atom. The number of Topliss-reactive ketones (excluding diaryl/α,β-unsaturated/α-hetero) is 1. The van der Waals surface area contributed by atoms with Crippen molar-refractivity contribution in [1.29, 1.82) is 0 Å². The minimum absolute atomic E-state index is 0.000432. The van der Waals surface area contributed by atoms with Crippen molar-refractivity contribution in [3.8, 4) is 0 Å². The second kappa shape index (κ2) is 6.02. The zero-order valence-electron chi connectivity index (χ0n) is 11.5. The van der Waals surface area contributed by atoms with Crippen LogP contribution < -0.4 is 0 Å². The molecule has 0 aromatic rings. The third kappa shape index (κ3) is 2.36. The highest BCUT2D eigenvalue weighted by Crippen LogP contribution is 2.53. The van der Waals surface area contributed by atoms with E-state index in [0.717, 1.165) is 32.1 Å². The first kappa shape index (κ1) is 14.9. The van der Waals surface area contributed by atoms with Crippen molar-refractivity contribution < 1.29 is 19.4 Å². The Morgan fingerprint density at radius 1 is 1.50 bits per heavy atom. The predicted octanol–water partition coefficient (Wildman–Crippen LogP) is 2.23. The van der Waals surface area contributed by atoms with Gasteiger partial charge in [-0.1, -0.05) is 6.08 Å². The lowest BCUT2D eigenvalue weighted by Gasteiger charge is -2.49. The highest BCUT2D eigenvalue weighted by atomic mass is 127. The molecule has 1 aliphatic heterocycles. The molecule has 1 saturated heterocycles. The molecule has 3 aliphatic carbocycles. The summed E-state index contributed by atoms with van der Waals surface area (Å²) < 4.78 is 13.1. The summed E-state index contributed by atoms with van der Waals surface area (Å²) >= 11 is 2.36. The molecule has 0 amide bonds. The van der Waals surface area contributed by atoms with E-state index in [1.165, 1.54) is 3.58 Å². The number of carbonyl (C=O) groups is 1. The second-order valence-electron chi connectivity index (χ2n) is 5.91.